The molecule has 0 spiro atoms. The van der Waals surface area contributed by atoms with Crippen LogP contribution in [-0.4, -0.2) is 57.3 Å². The van der Waals surface area contributed by atoms with E-state index in [0.29, 0.717) is 42.5 Å². The smallest absolute Gasteiger partial charge is 0.414 e. The molecule has 1 amide bonds. The molecule has 0 saturated heterocycles. The van der Waals surface area contributed by atoms with E-state index in [1.54, 1.807) is 15.7 Å². The Balaban J connectivity index is 1.82. The van der Waals surface area contributed by atoms with Gasteiger partial charge in [-0.2, -0.15) is 0 Å². The first kappa shape index (κ1) is 26.9. The van der Waals surface area contributed by atoms with Gasteiger partial charge in [0, 0.05) is 37.8 Å². The van der Waals surface area contributed by atoms with Crippen LogP contribution in [0.3, 0.4) is 0 Å². The van der Waals surface area contributed by atoms with Crippen LogP contribution < -0.4 is 15.4 Å². The number of rotatable bonds is 7. The van der Waals surface area contributed by atoms with Crippen molar-refractivity contribution in [3.63, 3.8) is 0 Å². The lowest BCUT2D eigenvalue weighted by molar-refractivity contribution is 0.0580. The van der Waals surface area contributed by atoms with Gasteiger partial charge in [-0.15, -0.1) is 0 Å². The first-order valence-corrected chi connectivity index (χ1v) is 13.8. The van der Waals surface area contributed by atoms with Crippen LogP contribution in [0, 0.1) is 6.92 Å². The van der Waals surface area contributed by atoms with E-state index in [2.05, 4.69) is 9.97 Å². The van der Waals surface area contributed by atoms with E-state index in [4.69, 9.17) is 4.74 Å². The second-order valence-corrected chi connectivity index (χ2v) is 10.9. The van der Waals surface area contributed by atoms with Crippen molar-refractivity contribution in [1.29, 1.82) is 0 Å². The SMILES string of the molecule is CSc1ncc2cc(N3CCN(C(=O)OC(C)(C)C)c4c(C)cccc43)c(=O)n(CCCCCO)c2n1. The summed E-state index contributed by atoms with van der Waals surface area (Å²) in [6.45, 7) is 8.94. The molecule has 0 atom stereocenters. The summed E-state index contributed by atoms with van der Waals surface area (Å²) >= 11 is 1.43. The van der Waals surface area contributed by atoms with Gasteiger partial charge >= 0.3 is 6.09 Å². The Morgan fingerprint density at radius 2 is 1.95 bits per heavy atom. The number of carbonyl (C=O) groups is 1. The van der Waals surface area contributed by atoms with Crippen LogP contribution in [0.25, 0.3) is 11.0 Å². The average Bonchev–Trinajstić information content (AvgIpc) is 2.85. The van der Waals surface area contributed by atoms with Crippen molar-refractivity contribution in [2.24, 2.45) is 0 Å². The lowest BCUT2D eigenvalue weighted by Crippen LogP contribution is -2.46. The van der Waals surface area contributed by atoms with Gasteiger partial charge in [-0.1, -0.05) is 23.9 Å². The molecule has 3 aromatic rings. The Bertz CT molecular complexity index is 1350. The Hall–Kier alpha value is -3.11. The molecule has 198 valence electrons. The van der Waals surface area contributed by atoms with Crippen molar-refractivity contribution >= 4 is 46.0 Å². The molecular weight excluding hydrogens is 490 g/mol. The summed E-state index contributed by atoms with van der Waals surface area (Å²) in [7, 11) is 0. The van der Waals surface area contributed by atoms with E-state index in [9.17, 15) is 14.7 Å². The number of hydrogen-bond donors (Lipinski definition) is 1. The molecule has 0 unspecified atom stereocenters. The number of aromatic nitrogens is 3. The highest BCUT2D eigenvalue weighted by Gasteiger charge is 2.33. The zero-order valence-corrected chi connectivity index (χ0v) is 23.0. The number of aliphatic hydroxyl groups excluding tert-OH is 1. The minimum Gasteiger partial charge on any atom is -0.443 e. The van der Waals surface area contributed by atoms with E-state index in [1.165, 1.54) is 11.8 Å². The number of unbranched alkanes of at least 4 members (excludes halogenated alkanes) is 2. The quantitative estimate of drug-likeness (QED) is 0.265. The van der Waals surface area contributed by atoms with Crippen LogP contribution in [0.5, 0.6) is 0 Å². The molecule has 0 bridgehead atoms. The van der Waals surface area contributed by atoms with Gasteiger partial charge in [-0.3, -0.25) is 14.3 Å². The van der Waals surface area contributed by atoms with Crippen LogP contribution in [0.2, 0.25) is 0 Å². The molecule has 0 aliphatic carbocycles. The monoisotopic (exact) mass is 525 g/mol. The summed E-state index contributed by atoms with van der Waals surface area (Å²) in [4.78, 5) is 39.8. The predicted octanol–water partition coefficient (Wildman–Crippen LogP) is 4.88. The Morgan fingerprint density at radius 1 is 1.16 bits per heavy atom. The van der Waals surface area contributed by atoms with E-state index < -0.39 is 11.7 Å². The normalized spacial score (nSPS) is 13.7. The molecule has 1 N–H and O–H groups in total. The maximum Gasteiger partial charge on any atom is 0.414 e. The summed E-state index contributed by atoms with van der Waals surface area (Å²) in [5, 5.41) is 10.6. The molecule has 1 aliphatic rings. The third-order valence-corrected chi connectivity index (χ3v) is 6.80. The molecule has 3 heterocycles. The fourth-order valence-corrected chi connectivity index (χ4v) is 4.92. The number of benzene rings is 1. The largest absolute Gasteiger partial charge is 0.443 e. The van der Waals surface area contributed by atoms with Gasteiger partial charge < -0.3 is 14.7 Å². The van der Waals surface area contributed by atoms with Crippen molar-refractivity contribution in [2.45, 2.75) is 64.3 Å². The Kier molecular flexibility index (Phi) is 8.08. The molecule has 9 nitrogen and oxygen atoms in total. The number of aliphatic hydroxyl groups is 1. The van der Waals surface area contributed by atoms with Gasteiger partial charge in [-0.05, 0) is 70.9 Å². The number of para-hydroxylation sites is 1. The van der Waals surface area contributed by atoms with Gasteiger partial charge in [0.25, 0.3) is 5.56 Å². The van der Waals surface area contributed by atoms with E-state index in [1.807, 2.05) is 63.1 Å². The fourth-order valence-electron chi connectivity index (χ4n) is 4.58. The number of hydrogen-bond acceptors (Lipinski definition) is 8. The van der Waals surface area contributed by atoms with Crippen LogP contribution >= 0.6 is 11.8 Å². The number of fused-ring (bicyclic) bond motifs is 2. The predicted molar refractivity (Wildman–Crippen MR) is 148 cm³/mol. The zero-order chi connectivity index (χ0) is 26.7. The summed E-state index contributed by atoms with van der Waals surface area (Å²) in [6, 6.07) is 7.67. The maximum atomic E-state index is 13.9. The first-order valence-electron chi connectivity index (χ1n) is 12.6. The summed E-state index contributed by atoms with van der Waals surface area (Å²) in [5.74, 6) is 0. The number of amides is 1. The maximum absolute atomic E-state index is 13.9. The average molecular weight is 526 g/mol. The minimum absolute atomic E-state index is 0.131. The summed E-state index contributed by atoms with van der Waals surface area (Å²) < 4.78 is 7.40. The van der Waals surface area contributed by atoms with Crippen LogP contribution in [0.4, 0.5) is 21.9 Å². The highest BCUT2D eigenvalue weighted by molar-refractivity contribution is 7.98. The van der Waals surface area contributed by atoms with Gasteiger partial charge in [0.1, 0.15) is 16.9 Å². The van der Waals surface area contributed by atoms with Crippen LogP contribution in [0.15, 0.2) is 40.4 Å². The number of thioether (sulfide) groups is 1. The summed E-state index contributed by atoms with van der Waals surface area (Å²) in [5.41, 5.74) is 2.81. The Morgan fingerprint density at radius 3 is 2.65 bits per heavy atom. The number of pyridine rings is 1. The van der Waals surface area contributed by atoms with E-state index in [0.717, 1.165) is 35.2 Å². The Labute approximate surface area is 221 Å². The molecule has 0 radical (unpaired) electrons. The molecule has 1 aromatic carbocycles. The second kappa shape index (κ2) is 11.1. The number of ether oxygens (including phenoxy) is 1. The van der Waals surface area contributed by atoms with Gasteiger partial charge in [-0.25, -0.2) is 14.8 Å². The number of anilines is 3. The highest BCUT2D eigenvalue weighted by Crippen LogP contribution is 2.40. The molecule has 0 saturated carbocycles. The standard InChI is InChI=1S/C27H35N5O4S/c1-18-10-9-11-20-22(18)31(26(35)36-27(2,3)4)14-13-30(20)21-16-19-17-28-25(37-5)29-23(19)32(24(21)34)12-7-6-8-15-33/h9-11,16-17,33H,6-8,12-15H2,1-5H3. The lowest BCUT2D eigenvalue weighted by Gasteiger charge is -2.39. The minimum atomic E-state index is -0.616. The molecule has 10 heteroatoms. The van der Waals surface area contributed by atoms with Gasteiger partial charge in [0.2, 0.25) is 0 Å². The van der Waals surface area contributed by atoms with Crippen LogP contribution in [0.1, 0.15) is 45.6 Å². The van der Waals surface area contributed by atoms with Crippen molar-refractivity contribution in [3.05, 3.63) is 46.4 Å². The molecule has 0 fully saturated rings. The van der Waals surface area contributed by atoms with Crippen molar-refractivity contribution in [1.82, 2.24) is 14.5 Å². The van der Waals surface area contributed by atoms with Crippen molar-refractivity contribution < 1.29 is 14.6 Å². The summed E-state index contributed by atoms with van der Waals surface area (Å²) in [6.07, 6.45) is 5.51. The molecule has 2 aromatic heterocycles. The third kappa shape index (κ3) is 5.75. The third-order valence-electron chi connectivity index (χ3n) is 6.24. The van der Waals surface area contributed by atoms with Crippen LogP contribution in [-0.2, 0) is 11.3 Å². The molecule has 37 heavy (non-hydrogen) atoms. The number of aryl methyl sites for hydroxylation is 2. The fraction of sp³-hybridized carbons (Fsp3) is 0.481. The molecule has 1 aliphatic heterocycles. The number of nitrogens with zero attached hydrogens (tertiary/aromatic N) is 5. The lowest BCUT2D eigenvalue weighted by atomic mass is 10.1. The van der Waals surface area contributed by atoms with Crippen molar-refractivity contribution in [2.75, 3.05) is 35.8 Å². The second-order valence-electron chi connectivity index (χ2n) is 10.1. The zero-order valence-electron chi connectivity index (χ0n) is 22.2. The van der Waals surface area contributed by atoms with E-state index >= 15 is 0 Å². The van der Waals surface area contributed by atoms with Gasteiger partial charge in [0.15, 0.2) is 5.16 Å². The highest BCUT2D eigenvalue weighted by atomic mass is 32.2. The first-order chi connectivity index (χ1) is 17.6. The van der Waals surface area contributed by atoms with E-state index in [-0.39, 0.29) is 12.2 Å². The topological polar surface area (TPSA) is 101 Å². The number of carbonyl (C=O) groups excluding carboxylic acids is 1. The molecular formula is C27H35N5O4S. The van der Waals surface area contributed by atoms with Gasteiger partial charge in [0.05, 0.1) is 11.4 Å². The molecule has 4 rings (SSSR count). The van der Waals surface area contributed by atoms with Crippen molar-refractivity contribution in [3.8, 4) is 0 Å².